The molecule has 1 aliphatic heterocycles. The van der Waals surface area contributed by atoms with Gasteiger partial charge in [-0.05, 0) is 31.0 Å². The Labute approximate surface area is 104 Å². The Morgan fingerprint density at radius 2 is 2.33 bits per heavy atom. The maximum Gasteiger partial charge on any atom is 0.265 e. The highest BCUT2D eigenvalue weighted by molar-refractivity contribution is 5.97. The number of fused-ring (bicyclic) bond motifs is 1. The third-order valence-electron chi connectivity index (χ3n) is 2.78. The summed E-state index contributed by atoms with van der Waals surface area (Å²) in [5, 5.41) is 2.76. The number of ether oxygens (including phenoxy) is 1. The van der Waals surface area contributed by atoms with E-state index in [9.17, 15) is 9.59 Å². The molecular formula is C12H15N3O3. The Hall–Kier alpha value is -2.08. The van der Waals surface area contributed by atoms with Crippen molar-refractivity contribution >= 4 is 17.5 Å². The number of anilines is 1. The first kappa shape index (κ1) is 12.4. The lowest BCUT2D eigenvalue weighted by atomic mass is 10.1. The Balaban J connectivity index is 2.10. The average molecular weight is 249 g/mol. The van der Waals surface area contributed by atoms with Gasteiger partial charge in [-0.2, -0.15) is 0 Å². The number of hydrogen-bond acceptors (Lipinski definition) is 4. The Kier molecular flexibility index (Phi) is 3.47. The summed E-state index contributed by atoms with van der Waals surface area (Å²) in [6, 6.07) is 5.47. The van der Waals surface area contributed by atoms with Crippen molar-refractivity contribution in [3.05, 3.63) is 23.8 Å². The van der Waals surface area contributed by atoms with Crippen LogP contribution in [0.25, 0.3) is 0 Å². The van der Waals surface area contributed by atoms with Gasteiger partial charge in [-0.1, -0.05) is 6.07 Å². The van der Waals surface area contributed by atoms with Gasteiger partial charge in [0.1, 0.15) is 5.75 Å². The van der Waals surface area contributed by atoms with Gasteiger partial charge in [0, 0.05) is 6.42 Å². The quantitative estimate of drug-likeness (QED) is 0.409. The summed E-state index contributed by atoms with van der Waals surface area (Å²) in [6.07, 6.45) is 0.383. The lowest BCUT2D eigenvalue weighted by molar-refractivity contribution is -0.123. The first-order valence-corrected chi connectivity index (χ1v) is 5.70. The van der Waals surface area contributed by atoms with Crippen LogP contribution in [0, 0.1) is 0 Å². The van der Waals surface area contributed by atoms with Crippen LogP contribution in [-0.4, -0.2) is 17.9 Å². The maximum absolute atomic E-state index is 11.5. The molecule has 4 N–H and O–H groups in total. The number of hydrazine groups is 1. The second-order valence-electron chi connectivity index (χ2n) is 4.15. The monoisotopic (exact) mass is 249 g/mol. The molecule has 0 bridgehead atoms. The molecule has 96 valence electrons. The summed E-state index contributed by atoms with van der Waals surface area (Å²) in [5.41, 5.74) is 3.66. The molecule has 6 nitrogen and oxygen atoms in total. The fraction of sp³-hybridized carbons (Fsp3) is 0.333. The van der Waals surface area contributed by atoms with Gasteiger partial charge in [-0.3, -0.25) is 15.0 Å². The minimum Gasteiger partial charge on any atom is -0.479 e. The Bertz CT molecular complexity index is 487. The van der Waals surface area contributed by atoms with Crippen LogP contribution in [0.3, 0.4) is 0 Å². The molecular weight excluding hydrogens is 234 g/mol. The van der Waals surface area contributed by atoms with Crippen LogP contribution in [0.5, 0.6) is 5.75 Å². The van der Waals surface area contributed by atoms with Crippen molar-refractivity contribution in [2.24, 2.45) is 5.84 Å². The average Bonchev–Trinajstić information content (AvgIpc) is 2.37. The van der Waals surface area contributed by atoms with Gasteiger partial charge in [-0.15, -0.1) is 0 Å². The van der Waals surface area contributed by atoms with Crippen molar-refractivity contribution in [2.75, 3.05) is 5.32 Å². The highest BCUT2D eigenvalue weighted by atomic mass is 16.5. The van der Waals surface area contributed by atoms with E-state index >= 15 is 0 Å². The predicted molar refractivity (Wildman–Crippen MR) is 65.8 cm³/mol. The molecule has 1 aromatic carbocycles. The number of carbonyl (C=O) groups excluding carboxylic acids is 2. The fourth-order valence-electron chi connectivity index (χ4n) is 1.74. The highest BCUT2D eigenvalue weighted by Gasteiger charge is 2.23. The molecule has 1 aromatic rings. The fourth-order valence-corrected chi connectivity index (χ4v) is 1.74. The van der Waals surface area contributed by atoms with Gasteiger partial charge in [0.15, 0.2) is 6.10 Å². The zero-order chi connectivity index (χ0) is 13.1. The van der Waals surface area contributed by atoms with Crippen LogP contribution >= 0.6 is 0 Å². The first-order chi connectivity index (χ1) is 8.60. The molecule has 0 aliphatic carbocycles. The first-order valence-electron chi connectivity index (χ1n) is 5.70. The standard InChI is InChI=1S/C12H15N3O3/c1-7-12(17)14-9-6-8(2-4-10(9)18-7)3-5-11(16)15-13/h2,4,6-7H,3,5,13H2,1H3,(H,14,17)(H,15,16). The molecule has 1 aliphatic rings. The van der Waals surface area contributed by atoms with Crippen molar-refractivity contribution in [3.8, 4) is 5.75 Å². The second kappa shape index (κ2) is 5.05. The van der Waals surface area contributed by atoms with E-state index in [0.717, 1.165) is 5.56 Å². The second-order valence-corrected chi connectivity index (χ2v) is 4.15. The van der Waals surface area contributed by atoms with Gasteiger partial charge < -0.3 is 10.1 Å². The van der Waals surface area contributed by atoms with Gasteiger partial charge in [0.05, 0.1) is 5.69 Å². The molecule has 1 atom stereocenters. The molecule has 18 heavy (non-hydrogen) atoms. The Morgan fingerprint density at radius 1 is 1.56 bits per heavy atom. The number of nitrogens with two attached hydrogens (primary N) is 1. The van der Waals surface area contributed by atoms with Crippen molar-refractivity contribution in [1.29, 1.82) is 0 Å². The number of carbonyl (C=O) groups is 2. The molecule has 6 heteroatoms. The van der Waals surface area contributed by atoms with Crippen molar-refractivity contribution in [2.45, 2.75) is 25.9 Å². The van der Waals surface area contributed by atoms with Gasteiger partial charge in [0.2, 0.25) is 5.91 Å². The summed E-state index contributed by atoms with van der Waals surface area (Å²) in [5.74, 6) is 5.26. The number of hydrogen-bond donors (Lipinski definition) is 3. The molecule has 0 aromatic heterocycles. The molecule has 0 saturated carbocycles. The molecule has 2 amide bonds. The number of aryl methyl sites for hydroxylation is 1. The van der Waals surface area contributed by atoms with E-state index in [0.29, 0.717) is 24.3 Å². The number of nitrogens with one attached hydrogen (secondary N) is 2. The SMILES string of the molecule is CC1Oc2ccc(CCC(=O)NN)cc2NC1=O. The summed E-state index contributed by atoms with van der Waals surface area (Å²) in [6.45, 7) is 1.69. The van der Waals surface area contributed by atoms with E-state index in [1.54, 1.807) is 13.0 Å². The minimum atomic E-state index is -0.480. The van der Waals surface area contributed by atoms with E-state index in [2.05, 4.69) is 10.7 Å². The number of benzene rings is 1. The molecule has 1 heterocycles. The predicted octanol–water partition coefficient (Wildman–Crippen LogP) is 0.328. The van der Waals surface area contributed by atoms with Crippen LogP contribution in [0.2, 0.25) is 0 Å². The zero-order valence-corrected chi connectivity index (χ0v) is 10.0. The smallest absolute Gasteiger partial charge is 0.265 e. The van der Waals surface area contributed by atoms with Crippen LogP contribution < -0.4 is 21.3 Å². The maximum atomic E-state index is 11.5. The van der Waals surface area contributed by atoms with Crippen LogP contribution in [0.4, 0.5) is 5.69 Å². The third-order valence-corrected chi connectivity index (χ3v) is 2.78. The van der Waals surface area contributed by atoms with Crippen molar-refractivity contribution in [3.63, 3.8) is 0 Å². The van der Waals surface area contributed by atoms with Gasteiger partial charge in [0.25, 0.3) is 5.91 Å². The topological polar surface area (TPSA) is 93.4 Å². The van der Waals surface area contributed by atoms with Gasteiger partial charge in [-0.25, -0.2) is 5.84 Å². The van der Waals surface area contributed by atoms with Crippen LogP contribution in [0.1, 0.15) is 18.9 Å². The van der Waals surface area contributed by atoms with E-state index in [1.165, 1.54) is 0 Å². The van der Waals surface area contributed by atoms with E-state index in [4.69, 9.17) is 10.6 Å². The van der Waals surface area contributed by atoms with E-state index in [1.807, 2.05) is 12.1 Å². The van der Waals surface area contributed by atoms with Crippen molar-refractivity contribution < 1.29 is 14.3 Å². The largest absolute Gasteiger partial charge is 0.479 e. The molecule has 0 fully saturated rings. The van der Waals surface area contributed by atoms with E-state index in [-0.39, 0.29) is 11.8 Å². The van der Waals surface area contributed by atoms with Crippen molar-refractivity contribution in [1.82, 2.24) is 5.43 Å². The summed E-state index contributed by atoms with van der Waals surface area (Å²) in [4.78, 5) is 22.5. The molecule has 0 saturated heterocycles. The molecule has 0 radical (unpaired) electrons. The summed E-state index contributed by atoms with van der Waals surface area (Å²) < 4.78 is 5.43. The normalized spacial score (nSPS) is 17.4. The minimum absolute atomic E-state index is 0.167. The Morgan fingerprint density at radius 3 is 3.06 bits per heavy atom. The summed E-state index contributed by atoms with van der Waals surface area (Å²) in [7, 11) is 0. The zero-order valence-electron chi connectivity index (χ0n) is 10.0. The highest BCUT2D eigenvalue weighted by Crippen LogP contribution is 2.30. The molecule has 0 spiro atoms. The molecule has 2 rings (SSSR count). The number of amides is 2. The van der Waals surface area contributed by atoms with E-state index < -0.39 is 6.10 Å². The van der Waals surface area contributed by atoms with Gasteiger partial charge >= 0.3 is 0 Å². The lowest BCUT2D eigenvalue weighted by Crippen LogP contribution is -2.34. The third kappa shape index (κ3) is 2.60. The van der Waals surface area contributed by atoms with Crippen LogP contribution in [-0.2, 0) is 16.0 Å². The van der Waals surface area contributed by atoms with Crippen LogP contribution in [0.15, 0.2) is 18.2 Å². The summed E-state index contributed by atoms with van der Waals surface area (Å²) >= 11 is 0. The molecule has 1 unspecified atom stereocenters. The number of rotatable bonds is 3. The lowest BCUT2D eigenvalue weighted by Gasteiger charge is -2.23.